The Balaban J connectivity index is 1.22. The Morgan fingerprint density at radius 3 is 2.31 bits per heavy atom. The van der Waals surface area contributed by atoms with Gasteiger partial charge in [-0.25, -0.2) is 0 Å². The number of rotatable bonds is 7. The van der Waals surface area contributed by atoms with Gasteiger partial charge in [-0.05, 0) is 54.7 Å². The highest BCUT2D eigenvalue weighted by Crippen LogP contribution is 2.34. The van der Waals surface area contributed by atoms with Crippen molar-refractivity contribution < 1.29 is 9.47 Å². The zero-order valence-electron chi connectivity index (χ0n) is 17.7. The van der Waals surface area contributed by atoms with Gasteiger partial charge < -0.3 is 19.7 Å². The number of piperazine rings is 1. The number of ether oxygens (including phenoxy) is 2. The average Bonchev–Trinajstić information content (AvgIpc) is 2.79. The first-order valence-corrected chi connectivity index (χ1v) is 10.8. The lowest BCUT2D eigenvalue weighted by Gasteiger charge is -2.36. The molecule has 0 amide bonds. The number of hydrogen-bond donors (Lipinski definition) is 1. The number of aryl methyl sites for hydroxylation is 1. The minimum Gasteiger partial charge on any atom is -0.493 e. The fraction of sp³-hybridized carbons (Fsp3) is 0.500. The van der Waals surface area contributed by atoms with E-state index in [0.717, 1.165) is 63.6 Å². The fourth-order valence-electron chi connectivity index (χ4n) is 4.55. The minimum absolute atomic E-state index is 0.547. The van der Waals surface area contributed by atoms with Gasteiger partial charge in [0.2, 0.25) is 0 Å². The lowest BCUT2D eigenvalue weighted by Crippen LogP contribution is -2.49. The molecule has 1 N–H and O–H groups in total. The van der Waals surface area contributed by atoms with Crippen LogP contribution in [0.2, 0.25) is 0 Å². The topological polar surface area (TPSA) is 37.0 Å². The van der Waals surface area contributed by atoms with Crippen LogP contribution in [0.25, 0.3) is 0 Å². The molecule has 0 bridgehead atoms. The Labute approximate surface area is 174 Å². The summed E-state index contributed by atoms with van der Waals surface area (Å²) in [6.45, 7) is 6.68. The van der Waals surface area contributed by atoms with Gasteiger partial charge in [-0.3, -0.25) is 4.90 Å². The predicted octanol–water partition coefficient (Wildman–Crippen LogP) is 2.97. The minimum atomic E-state index is 0.547. The van der Waals surface area contributed by atoms with Crippen molar-refractivity contribution in [2.75, 3.05) is 58.4 Å². The standard InChI is InChI=1S/C24H33N3O2/c1-28-23-17-19-8-9-21(16-20(19)18-24(23)29-2)25-10-11-26-12-14-27(15-13-26)22-6-4-3-5-7-22/h3-7,17-18,21,25H,8-16H2,1-2H3. The number of fused-ring (bicyclic) bond motifs is 1. The van der Waals surface area contributed by atoms with Crippen molar-refractivity contribution >= 4 is 5.69 Å². The first kappa shape index (κ1) is 20.0. The van der Waals surface area contributed by atoms with E-state index in [9.17, 15) is 0 Å². The van der Waals surface area contributed by atoms with Crippen LogP contribution in [-0.2, 0) is 12.8 Å². The molecule has 1 aliphatic heterocycles. The van der Waals surface area contributed by atoms with Crippen LogP contribution in [0.3, 0.4) is 0 Å². The first-order chi connectivity index (χ1) is 14.3. The number of methoxy groups -OCH3 is 2. The van der Waals surface area contributed by atoms with Crippen molar-refractivity contribution in [1.82, 2.24) is 10.2 Å². The molecule has 2 aromatic carbocycles. The third-order valence-electron chi connectivity index (χ3n) is 6.29. The second kappa shape index (κ2) is 9.51. The molecular weight excluding hydrogens is 362 g/mol. The molecule has 156 valence electrons. The van der Waals surface area contributed by atoms with Crippen LogP contribution in [0.1, 0.15) is 17.5 Å². The summed E-state index contributed by atoms with van der Waals surface area (Å²) >= 11 is 0. The highest BCUT2D eigenvalue weighted by atomic mass is 16.5. The van der Waals surface area contributed by atoms with Gasteiger partial charge in [0.05, 0.1) is 14.2 Å². The van der Waals surface area contributed by atoms with Gasteiger partial charge in [0, 0.05) is 51.0 Å². The Hall–Kier alpha value is -2.24. The molecule has 0 saturated carbocycles. The number of anilines is 1. The van der Waals surface area contributed by atoms with Crippen LogP contribution in [0.15, 0.2) is 42.5 Å². The lowest BCUT2D eigenvalue weighted by molar-refractivity contribution is 0.252. The molecule has 29 heavy (non-hydrogen) atoms. The third kappa shape index (κ3) is 4.85. The maximum Gasteiger partial charge on any atom is 0.161 e. The molecule has 1 atom stereocenters. The Morgan fingerprint density at radius 2 is 1.62 bits per heavy atom. The van der Waals surface area contributed by atoms with Crippen molar-refractivity contribution in [3.8, 4) is 11.5 Å². The molecule has 5 nitrogen and oxygen atoms in total. The SMILES string of the molecule is COc1cc2c(cc1OC)CC(NCCN1CCN(c3ccccc3)CC1)CC2. The zero-order valence-corrected chi connectivity index (χ0v) is 17.7. The van der Waals surface area contributed by atoms with E-state index in [4.69, 9.17) is 9.47 Å². The van der Waals surface area contributed by atoms with E-state index in [2.05, 4.69) is 57.6 Å². The molecular formula is C24H33N3O2. The van der Waals surface area contributed by atoms with Crippen LogP contribution in [0.4, 0.5) is 5.69 Å². The van der Waals surface area contributed by atoms with Crippen molar-refractivity contribution in [3.05, 3.63) is 53.6 Å². The highest BCUT2D eigenvalue weighted by molar-refractivity contribution is 5.48. The molecule has 2 aliphatic rings. The molecule has 1 saturated heterocycles. The molecule has 0 radical (unpaired) electrons. The molecule has 5 heteroatoms. The number of benzene rings is 2. The van der Waals surface area contributed by atoms with E-state index < -0.39 is 0 Å². The van der Waals surface area contributed by atoms with Crippen LogP contribution in [0, 0.1) is 0 Å². The summed E-state index contributed by atoms with van der Waals surface area (Å²) in [5.41, 5.74) is 4.14. The van der Waals surface area contributed by atoms with E-state index in [1.807, 2.05) is 0 Å². The third-order valence-corrected chi connectivity index (χ3v) is 6.29. The Kier molecular flexibility index (Phi) is 6.57. The number of nitrogens with zero attached hydrogens (tertiary/aromatic N) is 2. The molecule has 1 aliphatic carbocycles. The van der Waals surface area contributed by atoms with Gasteiger partial charge in [0.15, 0.2) is 11.5 Å². The largest absolute Gasteiger partial charge is 0.493 e. The monoisotopic (exact) mass is 395 g/mol. The van der Waals surface area contributed by atoms with Crippen LogP contribution >= 0.6 is 0 Å². The molecule has 2 aromatic rings. The van der Waals surface area contributed by atoms with E-state index in [1.165, 1.54) is 23.2 Å². The number of para-hydroxylation sites is 1. The fourth-order valence-corrected chi connectivity index (χ4v) is 4.55. The molecule has 1 unspecified atom stereocenters. The second-order valence-corrected chi connectivity index (χ2v) is 8.03. The van der Waals surface area contributed by atoms with Gasteiger partial charge in [0.1, 0.15) is 0 Å². The molecule has 1 fully saturated rings. The van der Waals surface area contributed by atoms with Crippen LogP contribution in [-0.4, -0.2) is 64.4 Å². The summed E-state index contributed by atoms with van der Waals surface area (Å²) in [4.78, 5) is 5.07. The lowest BCUT2D eigenvalue weighted by atomic mass is 9.88. The summed E-state index contributed by atoms with van der Waals surface area (Å²) in [5.74, 6) is 1.68. The van der Waals surface area contributed by atoms with Gasteiger partial charge >= 0.3 is 0 Å². The van der Waals surface area contributed by atoms with Crippen LogP contribution < -0.4 is 19.7 Å². The van der Waals surface area contributed by atoms with Crippen LogP contribution in [0.5, 0.6) is 11.5 Å². The van der Waals surface area contributed by atoms with Crippen molar-refractivity contribution in [1.29, 1.82) is 0 Å². The average molecular weight is 396 g/mol. The van der Waals surface area contributed by atoms with Gasteiger partial charge in [0.25, 0.3) is 0 Å². The van der Waals surface area contributed by atoms with Crippen molar-refractivity contribution in [3.63, 3.8) is 0 Å². The summed E-state index contributed by atoms with van der Waals surface area (Å²) in [7, 11) is 3.41. The first-order valence-electron chi connectivity index (χ1n) is 10.8. The van der Waals surface area contributed by atoms with E-state index in [1.54, 1.807) is 14.2 Å². The molecule has 0 aromatic heterocycles. The zero-order chi connectivity index (χ0) is 20.1. The Bertz CT molecular complexity index is 788. The van der Waals surface area contributed by atoms with E-state index in [0.29, 0.717) is 6.04 Å². The summed E-state index contributed by atoms with van der Waals surface area (Å²) in [6, 6.07) is 15.6. The highest BCUT2D eigenvalue weighted by Gasteiger charge is 2.22. The van der Waals surface area contributed by atoms with Crippen molar-refractivity contribution in [2.45, 2.75) is 25.3 Å². The van der Waals surface area contributed by atoms with Gasteiger partial charge in [-0.1, -0.05) is 18.2 Å². The quantitative estimate of drug-likeness (QED) is 0.780. The molecule has 4 rings (SSSR count). The smallest absolute Gasteiger partial charge is 0.161 e. The van der Waals surface area contributed by atoms with E-state index >= 15 is 0 Å². The summed E-state index contributed by atoms with van der Waals surface area (Å²) in [6.07, 6.45) is 3.35. The van der Waals surface area contributed by atoms with E-state index in [-0.39, 0.29) is 0 Å². The Morgan fingerprint density at radius 1 is 0.931 bits per heavy atom. The summed E-state index contributed by atoms with van der Waals surface area (Å²) < 4.78 is 10.9. The summed E-state index contributed by atoms with van der Waals surface area (Å²) in [5, 5.41) is 3.79. The number of hydrogen-bond acceptors (Lipinski definition) is 5. The van der Waals surface area contributed by atoms with Gasteiger partial charge in [-0.15, -0.1) is 0 Å². The normalized spacial score (nSPS) is 19.7. The maximum atomic E-state index is 5.48. The maximum absolute atomic E-state index is 5.48. The number of nitrogens with one attached hydrogen (secondary N) is 1. The second-order valence-electron chi connectivity index (χ2n) is 8.03. The molecule has 1 heterocycles. The predicted molar refractivity (Wildman–Crippen MR) is 118 cm³/mol. The van der Waals surface area contributed by atoms with Crippen molar-refractivity contribution in [2.24, 2.45) is 0 Å². The molecule has 0 spiro atoms. The van der Waals surface area contributed by atoms with Gasteiger partial charge in [-0.2, -0.15) is 0 Å².